The van der Waals surface area contributed by atoms with E-state index in [9.17, 15) is 9.59 Å². The van der Waals surface area contributed by atoms with Gasteiger partial charge < -0.3 is 10.1 Å². The zero-order valence-electron chi connectivity index (χ0n) is 19.0. The van der Waals surface area contributed by atoms with Crippen molar-refractivity contribution in [3.05, 3.63) is 94.1 Å². The fraction of sp³-hybridized carbons (Fsp3) is 0.185. The van der Waals surface area contributed by atoms with Crippen LogP contribution in [0.4, 0.5) is 11.4 Å². The smallest absolute Gasteiger partial charge is 0.282 e. The Morgan fingerprint density at radius 3 is 2.18 bits per heavy atom. The summed E-state index contributed by atoms with van der Waals surface area (Å²) in [5.74, 6) is -0.106. The molecule has 3 aromatic carbocycles. The highest BCUT2D eigenvalue weighted by Gasteiger charge is 2.40. The van der Waals surface area contributed by atoms with E-state index in [-0.39, 0.29) is 17.7 Å². The van der Waals surface area contributed by atoms with Gasteiger partial charge in [0.25, 0.3) is 11.8 Å². The first-order valence-corrected chi connectivity index (χ1v) is 11.1. The zero-order chi connectivity index (χ0) is 23.7. The zero-order valence-corrected chi connectivity index (χ0v) is 19.7. The van der Waals surface area contributed by atoms with Crippen molar-refractivity contribution in [2.45, 2.75) is 33.8 Å². The van der Waals surface area contributed by atoms with Crippen LogP contribution in [0.25, 0.3) is 5.57 Å². The number of anilines is 2. The van der Waals surface area contributed by atoms with Crippen molar-refractivity contribution in [2.24, 2.45) is 0 Å². The highest BCUT2D eigenvalue weighted by Crippen LogP contribution is 2.35. The van der Waals surface area contributed by atoms with Crippen LogP contribution >= 0.6 is 11.6 Å². The van der Waals surface area contributed by atoms with Crippen LogP contribution in [0.5, 0.6) is 5.75 Å². The Morgan fingerprint density at radius 2 is 1.55 bits per heavy atom. The van der Waals surface area contributed by atoms with E-state index in [1.807, 2.05) is 45.9 Å². The summed E-state index contributed by atoms with van der Waals surface area (Å²) in [6.07, 6.45) is 0.0322. The van der Waals surface area contributed by atoms with Crippen LogP contribution in [0.2, 0.25) is 5.02 Å². The maximum absolute atomic E-state index is 13.6. The van der Waals surface area contributed by atoms with Gasteiger partial charge in [-0.05, 0) is 75.2 Å². The number of hydrogen-bond acceptors (Lipinski definition) is 4. The van der Waals surface area contributed by atoms with E-state index in [2.05, 4.69) is 5.32 Å². The average Bonchev–Trinajstić information content (AvgIpc) is 3.02. The maximum Gasteiger partial charge on any atom is 0.282 e. The largest absolute Gasteiger partial charge is 0.491 e. The molecule has 1 aliphatic rings. The molecule has 3 aromatic rings. The van der Waals surface area contributed by atoms with Crippen LogP contribution in [0.1, 0.15) is 30.5 Å². The Bertz CT molecular complexity index is 1250. The van der Waals surface area contributed by atoms with Crippen molar-refractivity contribution >= 4 is 40.4 Å². The lowest BCUT2D eigenvalue weighted by molar-refractivity contribution is -0.120. The standard InChI is InChI=1S/C27H25ClN2O3/c1-16(2)33-21-14-10-19(11-15-21)24-25(29-23-7-5-6-22(28)18(23)4)27(32)30(26(24)31)20-12-8-17(3)9-13-20/h5-16,29H,1-4H3. The molecular formula is C27H25ClN2O3. The second-order valence-corrected chi connectivity index (χ2v) is 8.67. The van der Waals surface area contributed by atoms with Crippen LogP contribution in [0, 0.1) is 13.8 Å². The molecule has 0 saturated carbocycles. The number of ether oxygens (including phenoxy) is 1. The van der Waals surface area contributed by atoms with Gasteiger partial charge in [-0.25, -0.2) is 4.90 Å². The summed E-state index contributed by atoms with van der Waals surface area (Å²) in [4.78, 5) is 28.3. The molecule has 1 N–H and O–H groups in total. The summed E-state index contributed by atoms with van der Waals surface area (Å²) in [5, 5.41) is 3.76. The number of halogens is 1. The molecule has 0 bridgehead atoms. The van der Waals surface area contributed by atoms with Crippen LogP contribution < -0.4 is 15.0 Å². The predicted octanol–water partition coefficient (Wildman–Crippen LogP) is 6.14. The molecule has 0 saturated heterocycles. The van der Waals surface area contributed by atoms with E-state index in [0.717, 1.165) is 11.1 Å². The van der Waals surface area contributed by atoms with Gasteiger partial charge in [-0.3, -0.25) is 9.59 Å². The van der Waals surface area contributed by atoms with Crippen molar-refractivity contribution in [2.75, 3.05) is 10.2 Å². The van der Waals surface area contributed by atoms with Crippen molar-refractivity contribution in [3.8, 4) is 5.75 Å². The summed E-state index contributed by atoms with van der Waals surface area (Å²) in [6.45, 7) is 7.72. The quantitative estimate of drug-likeness (QED) is 0.449. The number of benzene rings is 3. The van der Waals surface area contributed by atoms with Gasteiger partial charge >= 0.3 is 0 Å². The van der Waals surface area contributed by atoms with Gasteiger partial charge in [0.15, 0.2) is 0 Å². The highest BCUT2D eigenvalue weighted by atomic mass is 35.5. The molecule has 1 heterocycles. The lowest BCUT2D eigenvalue weighted by Crippen LogP contribution is -2.32. The second kappa shape index (κ2) is 9.12. The van der Waals surface area contributed by atoms with Gasteiger partial charge in [0.2, 0.25) is 0 Å². The maximum atomic E-state index is 13.6. The van der Waals surface area contributed by atoms with E-state index in [1.165, 1.54) is 4.90 Å². The summed E-state index contributed by atoms with van der Waals surface area (Å²) < 4.78 is 5.72. The average molecular weight is 461 g/mol. The Balaban J connectivity index is 1.80. The van der Waals surface area contributed by atoms with Crippen molar-refractivity contribution in [1.29, 1.82) is 0 Å². The molecule has 0 aliphatic carbocycles. The molecule has 168 valence electrons. The number of amides is 2. The summed E-state index contributed by atoms with van der Waals surface area (Å²) in [7, 11) is 0. The topological polar surface area (TPSA) is 58.6 Å². The fourth-order valence-corrected chi connectivity index (χ4v) is 3.87. The first-order chi connectivity index (χ1) is 15.8. The molecule has 4 rings (SSSR count). The van der Waals surface area contributed by atoms with Crippen molar-refractivity contribution in [1.82, 2.24) is 0 Å². The van der Waals surface area contributed by atoms with E-state index >= 15 is 0 Å². The minimum absolute atomic E-state index is 0.0322. The van der Waals surface area contributed by atoms with Gasteiger partial charge in [0.1, 0.15) is 11.4 Å². The molecule has 0 atom stereocenters. The van der Waals surface area contributed by atoms with E-state index < -0.39 is 5.91 Å². The number of carbonyl (C=O) groups is 2. The lowest BCUT2D eigenvalue weighted by Gasteiger charge is -2.16. The van der Waals surface area contributed by atoms with Gasteiger partial charge in [-0.1, -0.05) is 47.5 Å². The van der Waals surface area contributed by atoms with Crippen LogP contribution in [-0.2, 0) is 9.59 Å². The Labute approximate surface area is 198 Å². The van der Waals surface area contributed by atoms with Gasteiger partial charge in [0.05, 0.1) is 17.4 Å². The van der Waals surface area contributed by atoms with E-state index in [4.69, 9.17) is 16.3 Å². The Hall–Kier alpha value is -3.57. The molecule has 0 aromatic heterocycles. The Morgan fingerprint density at radius 1 is 0.879 bits per heavy atom. The number of hydrogen-bond donors (Lipinski definition) is 1. The fourth-order valence-electron chi connectivity index (χ4n) is 3.69. The van der Waals surface area contributed by atoms with Gasteiger partial charge in [-0.15, -0.1) is 0 Å². The van der Waals surface area contributed by atoms with Crippen molar-refractivity contribution < 1.29 is 14.3 Å². The minimum atomic E-state index is -0.416. The lowest BCUT2D eigenvalue weighted by atomic mass is 10.0. The molecule has 1 aliphatic heterocycles. The number of nitrogens with one attached hydrogen (secondary N) is 1. The molecule has 2 amide bonds. The van der Waals surface area contributed by atoms with Gasteiger partial charge in [-0.2, -0.15) is 0 Å². The first-order valence-electron chi connectivity index (χ1n) is 10.7. The summed E-state index contributed by atoms with van der Waals surface area (Å²) >= 11 is 6.28. The molecule has 33 heavy (non-hydrogen) atoms. The molecule has 6 heteroatoms. The monoisotopic (exact) mass is 460 g/mol. The highest BCUT2D eigenvalue weighted by molar-refractivity contribution is 6.46. The third-order valence-corrected chi connectivity index (χ3v) is 5.83. The number of aryl methyl sites for hydroxylation is 1. The third-order valence-electron chi connectivity index (χ3n) is 5.42. The summed E-state index contributed by atoms with van der Waals surface area (Å²) in [6, 6.07) is 19.9. The molecule has 0 spiro atoms. The van der Waals surface area contributed by atoms with E-state index in [0.29, 0.717) is 33.3 Å². The van der Waals surface area contributed by atoms with E-state index in [1.54, 1.807) is 48.5 Å². The van der Waals surface area contributed by atoms with Crippen LogP contribution in [-0.4, -0.2) is 17.9 Å². The first kappa shape index (κ1) is 22.6. The minimum Gasteiger partial charge on any atom is -0.491 e. The molecular weight excluding hydrogens is 436 g/mol. The number of rotatable bonds is 6. The van der Waals surface area contributed by atoms with Crippen molar-refractivity contribution in [3.63, 3.8) is 0 Å². The number of nitrogens with zero attached hydrogens (tertiary/aromatic N) is 1. The third kappa shape index (κ3) is 4.50. The molecule has 0 unspecified atom stereocenters. The Kier molecular flexibility index (Phi) is 6.25. The number of carbonyl (C=O) groups excluding carboxylic acids is 2. The molecule has 0 radical (unpaired) electrons. The van der Waals surface area contributed by atoms with Gasteiger partial charge in [0, 0.05) is 10.7 Å². The molecule has 0 fully saturated rings. The molecule has 5 nitrogen and oxygen atoms in total. The van der Waals surface area contributed by atoms with Crippen LogP contribution in [0.3, 0.4) is 0 Å². The summed E-state index contributed by atoms with van der Waals surface area (Å²) in [5.41, 5.74) is 4.16. The number of imide groups is 1. The predicted molar refractivity (Wildman–Crippen MR) is 133 cm³/mol. The normalized spacial score (nSPS) is 13.8. The SMILES string of the molecule is Cc1ccc(N2C(=O)C(Nc3cccc(Cl)c3C)=C(c3ccc(OC(C)C)cc3)C2=O)cc1. The second-order valence-electron chi connectivity index (χ2n) is 8.26. The van der Waals surface area contributed by atoms with Crippen LogP contribution in [0.15, 0.2) is 72.4 Å².